The van der Waals surface area contributed by atoms with Crippen LogP contribution in [0, 0.1) is 5.41 Å². The monoisotopic (exact) mass is 282 g/mol. The van der Waals surface area contributed by atoms with E-state index in [2.05, 4.69) is 10.1 Å². The number of nitrogens with zero attached hydrogens (tertiary/aromatic N) is 2. The smallest absolute Gasteiger partial charge is 0.310 e. The van der Waals surface area contributed by atoms with Crippen molar-refractivity contribution < 1.29 is 19.2 Å². The second-order valence-electron chi connectivity index (χ2n) is 5.66. The fourth-order valence-electron chi connectivity index (χ4n) is 2.66. The molecule has 0 saturated carbocycles. The maximum absolute atomic E-state index is 11.5. The summed E-state index contributed by atoms with van der Waals surface area (Å²) >= 11 is 0. The Kier molecular flexibility index (Phi) is 4.13. The van der Waals surface area contributed by atoms with Gasteiger partial charge in [-0.15, -0.1) is 0 Å². The molecule has 0 amide bonds. The van der Waals surface area contributed by atoms with Gasteiger partial charge in [-0.3, -0.25) is 4.79 Å². The van der Waals surface area contributed by atoms with Gasteiger partial charge in [-0.2, -0.15) is 4.98 Å². The highest BCUT2D eigenvalue weighted by Crippen LogP contribution is 2.35. The molecule has 1 N–H and O–H groups in total. The molecule has 1 aromatic rings. The average molecular weight is 282 g/mol. The first kappa shape index (κ1) is 15.0. The molecule has 1 saturated heterocycles. The molecule has 112 valence electrons. The number of hydrogen-bond acceptors (Lipinski definition) is 5. The third-order valence-corrected chi connectivity index (χ3v) is 4.46. The van der Waals surface area contributed by atoms with Crippen LogP contribution in [0.2, 0.25) is 0 Å². The molecule has 0 aliphatic carbocycles. The summed E-state index contributed by atoms with van der Waals surface area (Å²) in [4.78, 5) is 15.9. The molecule has 1 unspecified atom stereocenters. The Morgan fingerprint density at radius 2 is 2.15 bits per heavy atom. The number of carbonyl (C=O) groups is 1. The lowest BCUT2D eigenvalue weighted by Gasteiger charge is -2.24. The SMILES string of the molecule is CCC(CC)(Cc1nc(C2(C)CCCO2)no1)C(=O)O. The van der Waals surface area contributed by atoms with Crippen LogP contribution in [0.5, 0.6) is 0 Å². The quantitative estimate of drug-likeness (QED) is 0.863. The summed E-state index contributed by atoms with van der Waals surface area (Å²) in [5.74, 6) is 0.0879. The van der Waals surface area contributed by atoms with Gasteiger partial charge in [-0.1, -0.05) is 19.0 Å². The van der Waals surface area contributed by atoms with Crippen molar-refractivity contribution in [1.82, 2.24) is 10.1 Å². The van der Waals surface area contributed by atoms with Crippen molar-refractivity contribution in [2.24, 2.45) is 5.41 Å². The lowest BCUT2D eigenvalue weighted by Crippen LogP contribution is -2.32. The lowest BCUT2D eigenvalue weighted by molar-refractivity contribution is -0.149. The third kappa shape index (κ3) is 2.57. The largest absolute Gasteiger partial charge is 0.481 e. The van der Waals surface area contributed by atoms with Gasteiger partial charge in [-0.05, 0) is 32.6 Å². The molecule has 0 aromatic carbocycles. The van der Waals surface area contributed by atoms with E-state index in [1.807, 2.05) is 20.8 Å². The van der Waals surface area contributed by atoms with E-state index in [0.717, 1.165) is 12.8 Å². The van der Waals surface area contributed by atoms with Crippen molar-refractivity contribution in [1.29, 1.82) is 0 Å². The van der Waals surface area contributed by atoms with E-state index in [4.69, 9.17) is 9.26 Å². The summed E-state index contributed by atoms with van der Waals surface area (Å²) in [6.45, 7) is 6.38. The third-order valence-electron chi connectivity index (χ3n) is 4.46. The second-order valence-corrected chi connectivity index (χ2v) is 5.66. The highest BCUT2D eigenvalue weighted by Gasteiger charge is 2.40. The van der Waals surface area contributed by atoms with Crippen LogP contribution in [0.25, 0.3) is 0 Å². The fraction of sp³-hybridized carbons (Fsp3) is 0.786. The molecular formula is C14H22N2O4. The van der Waals surface area contributed by atoms with Gasteiger partial charge in [0.05, 0.1) is 5.41 Å². The summed E-state index contributed by atoms with van der Waals surface area (Å²) in [6.07, 6.45) is 3.16. The number of hydrogen-bond donors (Lipinski definition) is 1. The van der Waals surface area contributed by atoms with Crippen LogP contribution in [0.1, 0.15) is 58.2 Å². The van der Waals surface area contributed by atoms with Crippen molar-refractivity contribution >= 4 is 5.97 Å². The van der Waals surface area contributed by atoms with E-state index >= 15 is 0 Å². The maximum Gasteiger partial charge on any atom is 0.310 e. The Hall–Kier alpha value is -1.43. The molecule has 6 nitrogen and oxygen atoms in total. The number of rotatable bonds is 6. The van der Waals surface area contributed by atoms with E-state index in [9.17, 15) is 9.90 Å². The molecule has 1 aliphatic heterocycles. The average Bonchev–Trinajstić information content (AvgIpc) is 3.05. The van der Waals surface area contributed by atoms with Crippen LogP contribution in [-0.4, -0.2) is 27.8 Å². The first-order valence-corrected chi connectivity index (χ1v) is 7.16. The van der Waals surface area contributed by atoms with Gasteiger partial charge in [0.25, 0.3) is 0 Å². The summed E-state index contributed by atoms with van der Waals surface area (Å²) in [6, 6.07) is 0. The topological polar surface area (TPSA) is 85.5 Å². The molecule has 0 radical (unpaired) electrons. The van der Waals surface area contributed by atoms with Crippen molar-refractivity contribution in [2.45, 2.75) is 58.5 Å². The van der Waals surface area contributed by atoms with E-state index in [1.54, 1.807) is 0 Å². The Morgan fingerprint density at radius 3 is 2.65 bits per heavy atom. The molecule has 6 heteroatoms. The van der Waals surface area contributed by atoms with Gasteiger partial charge in [0.1, 0.15) is 5.60 Å². The molecule has 1 aliphatic rings. The van der Waals surface area contributed by atoms with Gasteiger partial charge in [0.15, 0.2) is 0 Å². The standard InChI is InChI=1S/C14H22N2O4/c1-4-14(5-2,12(17)18)9-10-15-11(16-20-10)13(3)7-6-8-19-13/h4-9H2,1-3H3,(H,17,18). The molecule has 2 rings (SSSR count). The Morgan fingerprint density at radius 1 is 1.45 bits per heavy atom. The van der Waals surface area contributed by atoms with Crippen LogP contribution < -0.4 is 0 Å². The Bertz CT molecular complexity index is 473. The highest BCUT2D eigenvalue weighted by molar-refractivity contribution is 5.74. The van der Waals surface area contributed by atoms with Crippen molar-refractivity contribution in [3.05, 3.63) is 11.7 Å². The zero-order valence-corrected chi connectivity index (χ0v) is 12.3. The zero-order valence-electron chi connectivity index (χ0n) is 12.3. The maximum atomic E-state index is 11.5. The summed E-state index contributed by atoms with van der Waals surface area (Å²) in [5.41, 5.74) is -1.33. The van der Waals surface area contributed by atoms with Crippen LogP contribution in [0.4, 0.5) is 0 Å². The van der Waals surface area contributed by atoms with Crippen molar-refractivity contribution in [2.75, 3.05) is 6.61 Å². The first-order valence-electron chi connectivity index (χ1n) is 7.16. The summed E-state index contributed by atoms with van der Waals surface area (Å²) < 4.78 is 10.9. The molecule has 0 spiro atoms. The summed E-state index contributed by atoms with van der Waals surface area (Å²) in [5, 5.41) is 13.4. The minimum Gasteiger partial charge on any atom is -0.481 e. The first-order chi connectivity index (χ1) is 9.46. The van der Waals surface area contributed by atoms with Crippen LogP contribution >= 0.6 is 0 Å². The highest BCUT2D eigenvalue weighted by atomic mass is 16.5. The Labute approximate surface area is 118 Å². The zero-order chi connectivity index (χ0) is 14.8. The van der Waals surface area contributed by atoms with Gasteiger partial charge in [0.2, 0.25) is 11.7 Å². The predicted molar refractivity (Wildman–Crippen MR) is 71.2 cm³/mol. The number of ether oxygens (including phenoxy) is 1. The molecule has 2 heterocycles. The predicted octanol–water partition coefficient (Wildman–Crippen LogP) is 2.53. The number of aromatic nitrogens is 2. The molecule has 1 fully saturated rings. The second kappa shape index (κ2) is 5.52. The lowest BCUT2D eigenvalue weighted by atomic mass is 9.79. The van der Waals surface area contributed by atoms with E-state index in [-0.39, 0.29) is 6.42 Å². The van der Waals surface area contributed by atoms with E-state index < -0.39 is 17.0 Å². The van der Waals surface area contributed by atoms with Gasteiger partial charge < -0.3 is 14.4 Å². The molecular weight excluding hydrogens is 260 g/mol. The van der Waals surface area contributed by atoms with Crippen LogP contribution in [-0.2, 0) is 21.6 Å². The normalized spacial score (nSPS) is 23.1. The number of carboxylic acid groups (broad SMARTS) is 1. The minimum atomic E-state index is -0.832. The number of aliphatic carboxylic acids is 1. The Balaban J connectivity index is 2.18. The summed E-state index contributed by atoms with van der Waals surface area (Å²) in [7, 11) is 0. The van der Waals surface area contributed by atoms with E-state index in [0.29, 0.717) is 31.2 Å². The molecule has 20 heavy (non-hydrogen) atoms. The van der Waals surface area contributed by atoms with Crippen LogP contribution in [0.3, 0.4) is 0 Å². The molecule has 0 bridgehead atoms. The number of carboxylic acids is 1. The van der Waals surface area contributed by atoms with Gasteiger partial charge in [0, 0.05) is 13.0 Å². The minimum absolute atomic E-state index is 0.262. The fourth-order valence-corrected chi connectivity index (χ4v) is 2.66. The van der Waals surface area contributed by atoms with Crippen LogP contribution in [0.15, 0.2) is 4.52 Å². The molecule has 1 aromatic heterocycles. The van der Waals surface area contributed by atoms with Crippen molar-refractivity contribution in [3.8, 4) is 0 Å². The van der Waals surface area contributed by atoms with Gasteiger partial charge in [-0.25, -0.2) is 0 Å². The van der Waals surface area contributed by atoms with Crippen molar-refractivity contribution in [3.63, 3.8) is 0 Å². The van der Waals surface area contributed by atoms with E-state index in [1.165, 1.54) is 0 Å². The van der Waals surface area contributed by atoms with Gasteiger partial charge >= 0.3 is 5.97 Å². The molecule has 1 atom stereocenters.